The van der Waals surface area contributed by atoms with Gasteiger partial charge in [-0.05, 0) is 31.3 Å². The van der Waals surface area contributed by atoms with Crippen molar-refractivity contribution in [1.82, 2.24) is 0 Å². The Kier molecular flexibility index (Phi) is 5.26. The maximum absolute atomic E-state index is 11.2. The van der Waals surface area contributed by atoms with Gasteiger partial charge in [0.15, 0.2) is 11.6 Å². The van der Waals surface area contributed by atoms with Gasteiger partial charge in [-0.1, -0.05) is 12.5 Å². The highest BCUT2D eigenvalue weighted by atomic mass is 16.3. The van der Waals surface area contributed by atoms with E-state index in [-0.39, 0.29) is 12.4 Å². The summed E-state index contributed by atoms with van der Waals surface area (Å²) >= 11 is 0. The molecule has 15 heavy (non-hydrogen) atoms. The highest BCUT2D eigenvalue weighted by Crippen LogP contribution is 2.19. The van der Waals surface area contributed by atoms with Crippen molar-refractivity contribution in [3.63, 3.8) is 0 Å². The molecule has 0 saturated heterocycles. The molecule has 0 unspecified atom stereocenters. The van der Waals surface area contributed by atoms with E-state index in [0.717, 1.165) is 37.7 Å². The van der Waals surface area contributed by atoms with Gasteiger partial charge >= 0.3 is 0 Å². The van der Waals surface area contributed by atoms with Gasteiger partial charge in [-0.25, -0.2) is 0 Å². The molecule has 0 bridgehead atoms. The summed E-state index contributed by atoms with van der Waals surface area (Å²) in [5.74, 6) is 0.201. The summed E-state index contributed by atoms with van der Waals surface area (Å²) in [6.45, 7) is -0.344. The second-order valence-electron chi connectivity index (χ2n) is 3.95. The van der Waals surface area contributed by atoms with Crippen molar-refractivity contribution in [2.24, 2.45) is 0 Å². The summed E-state index contributed by atoms with van der Waals surface area (Å²) in [4.78, 5) is 22.0. The molecule has 1 N–H and O–H groups in total. The molecule has 0 amide bonds. The zero-order chi connectivity index (χ0) is 11.1. The van der Waals surface area contributed by atoms with Crippen LogP contribution in [-0.4, -0.2) is 23.3 Å². The fourth-order valence-electron chi connectivity index (χ4n) is 1.79. The van der Waals surface area contributed by atoms with Gasteiger partial charge in [-0.3, -0.25) is 9.59 Å². The third-order valence-electron chi connectivity index (χ3n) is 2.70. The van der Waals surface area contributed by atoms with Crippen LogP contribution in [0.25, 0.3) is 0 Å². The second-order valence-corrected chi connectivity index (χ2v) is 3.95. The highest BCUT2D eigenvalue weighted by Gasteiger charge is 2.13. The molecule has 0 radical (unpaired) electrons. The first-order chi connectivity index (χ1) is 7.24. The van der Waals surface area contributed by atoms with Crippen LogP contribution >= 0.6 is 0 Å². The molecule has 0 atom stereocenters. The molecule has 0 aromatic carbocycles. The number of Topliss-reactive ketones (excluding diaryl/α,β-unsaturated/α-hetero) is 2. The van der Waals surface area contributed by atoms with E-state index in [2.05, 4.69) is 0 Å². The maximum Gasteiger partial charge on any atom is 0.158 e. The van der Waals surface area contributed by atoms with Gasteiger partial charge in [0.1, 0.15) is 6.61 Å². The van der Waals surface area contributed by atoms with Gasteiger partial charge in [0, 0.05) is 12.8 Å². The van der Waals surface area contributed by atoms with Crippen molar-refractivity contribution in [2.75, 3.05) is 6.61 Å². The summed E-state index contributed by atoms with van der Waals surface area (Å²) in [5.41, 5.74) is 0.975. The Morgan fingerprint density at radius 1 is 1.33 bits per heavy atom. The zero-order valence-electron chi connectivity index (χ0n) is 9.00. The number of carbonyl (C=O) groups excluding carboxylic acids is 2. The van der Waals surface area contributed by atoms with Crippen molar-refractivity contribution < 1.29 is 14.7 Å². The quantitative estimate of drug-likeness (QED) is 0.652. The summed E-state index contributed by atoms with van der Waals surface area (Å²) in [7, 11) is 0. The highest BCUT2D eigenvalue weighted by molar-refractivity contribution is 5.97. The number of hydrogen-bond donors (Lipinski definition) is 1. The summed E-state index contributed by atoms with van der Waals surface area (Å²) in [6.07, 6.45) is 7.67. The van der Waals surface area contributed by atoms with E-state index in [1.807, 2.05) is 6.08 Å². The molecule has 0 aromatic heterocycles. The summed E-state index contributed by atoms with van der Waals surface area (Å²) in [5, 5.41) is 8.50. The van der Waals surface area contributed by atoms with Gasteiger partial charge in [0.05, 0.1) is 0 Å². The molecule has 0 fully saturated rings. The molecule has 0 heterocycles. The molecule has 3 heteroatoms. The number of ketones is 2. The molecular weight excluding hydrogens is 192 g/mol. The lowest BCUT2D eigenvalue weighted by atomic mass is 10.0. The van der Waals surface area contributed by atoms with Crippen molar-refractivity contribution in [2.45, 2.75) is 44.9 Å². The molecule has 3 nitrogen and oxygen atoms in total. The summed E-state index contributed by atoms with van der Waals surface area (Å²) in [6, 6.07) is 0. The van der Waals surface area contributed by atoms with Gasteiger partial charge in [0.25, 0.3) is 0 Å². The van der Waals surface area contributed by atoms with Crippen LogP contribution in [-0.2, 0) is 9.59 Å². The molecule has 1 aliphatic carbocycles. The number of rotatable bonds is 7. The van der Waals surface area contributed by atoms with Crippen LogP contribution in [0.3, 0.4) is 0 Å². The lowest BCUT2D eigenvalue weighted by Crippen LogP contribution is -2.02. The first-order valence-corrected chi connectivity index (χ1v) is 5.59. The van der Waals surface area contributed by atoms with E-state index < -0.39 is 0 Å². The van der Waals surface area contributed by atoms with E-state index in [4.69, 9.17) is 5.11 Å². The van der Waals surface area contributed by atoms with E-state index in [1.165, 1.54) is 0 Å². The molecule has 0 spiro atoms. The van der Waals surface area contributed by atoms with E-state index in [0.29, 0.717) is 18.6 Å². The SMILES string of the molecule is O=C(CO)CCCCCC1=CCCC1=O. The summed E-state index contributed by atoms with van der Waals surface area (Å²) < 4.78 is 0. The van der Waals surface area contributed by atoms with Gasteiger partial charge < -0.3 is 5.11 Å². The van der Waals surface area contributed by atoms with Crippen molar-refractivity contribution in [3.05, 3.63) is 11.6 Å². The predicted molar refractivity (Wildman–Crippen MR) is 57.5 cm³/mol. The van der Waals surface area contributed by atoms with Crippen LogP contribution in [0.1, 0.15) is 44.9 Å². The van der Waals surface area contributed by atoms with Gasteiger partial charge in [0.2, 0.25) is 0 Å². The second kappa shape index (κ2) is 6.51. The molecular formula is C12H18O3. The normalized spacial score (nSPS) is 15.5. The fourth-order valence-corrected chi connectivity index (χ4v) is 1.79. The van der Waals surface area contributed by atoms with Crippen LogP contribution in [0.15, 0.2) is 11.6 Å². The van der Waals surface area contributed by atoms with E-state index in [1.54, 1.807) is 0 Å². The van der Waals surface area contributed by atoms with Crippen molar-refractivity contribution in [1.29, 1.82) is 0 Å². The van der Waals surface area contributed by atoms with Crippen LogP contribution in [0, 0.1) is 0 Å². The molecule has 84 valence electrons. The number of aliphatic hydroxyl groups is 1. The Balaban J connectivity index is 2.02. The monoisotopic (exact) mass is 210 g/mol. The predicted octanol–water partition coefficient (Wildman–Crippen LogP) is 1.79. The number of allylic oxidation sites excluding steroid dienone is 2. The number of carbonyl (C=O) groups is 2. The molecule has 0 aromatic rings. The molecule has 0 saturated carbocycles. The average Bonchev–Trinajstić information content (AvgIpc) is 2.63. The first-order valence-electron chi connectivity index (χ1n) is 5.59. The lowest BCUT2D eigenvalue weighted by molar-refractivity contribution is -0.121. The maximum atomic E-state index is 11.2. The lowest BCUT2D eigenvalue weighted by Gasteiger charge is -2.00. The Morgan fingerprint density at radius 2 is 2.13 bits per heavy atom. The standard InChI is InChI=1S/C12H18O3/c13-9-11(14)7-3-1-2-5-10-6-4-8-12(10)15/h6,13H,1-5,7-9H2. The van der Waals surface area contributed by atoms with Crippen LogP contribution in [0.4, 0.5) is 0 Å². The Morgan fingerprint density at radius 3 is 2.73 bits per heavy atom. The molecule has 1 aliphatic rings. The largest absolute Gasteiger partial charge is 0.389 e. The zero-order valence-corrected chi connectivity index (χ0v) is 9.00. The van der Waals surface area contributed by atoms with E-state index >= 15 is 0 Å². The van der Waals surface area contributed by atoms with Gasteiger partial charge in [-0.2, -0.15) is 0 Å². The minimum Gasteiger partial charge on any atom is -0.389 e. The van der Waals surface area contributed by atoms with Crippen molar-refractivity contribution in [3.8, 4) is 0 Å². The third kappa shape index (κ3) is 4.38. The van der Waals surface area contributed by atoms with Crippen LogP contribution < -0.4 is 0 Å². The number of aliphatic hydroxyl groups excluding tert-OH is 1. The Hall–Kier alpha value is -0.960. The molecule has 0 aliphatic heterocycles. The average molecular weight is 210 g/mol. The van der Waals surface area contributed by atoms with Crippen molar-refractivity contribution >= 4 is 11.6 Å². The first kappa shape index (κ1) is 12.1. The minimum absolute atomic E-state index is 0.0915. The third-order valence-corrected chi connectivity index (χ3v) is 2.70. The molecule has 1 rings (SSSR count). The Bertz CT molecular complexity index is 266. The minimum atomic E-state index is -0.344. The van der Waals surface area contributed by atoms with Crippen LogP contribution in [0.5, 0.6) is 0 Å². The van der Waals surface area contributed by atoms with Crippen LogP contribution in [0.2, 0.25) is 0 Å². The Labute approximate surface area is 90.2 Å². The fraction of sp³-hybridized carbons (Fsp3) is 0.667. The number of unbranched alkanes of at least 4 members (excludes halogenated alkanes) is 2. The van der Waals surface area contributed by atoms with Gasteiger partial charge in [-0.15, -0.1) is 0 Å². The topological polar surface area (TPSA) is 54.4 Å². The number of hydrogen-bond acceptors (Lipinski definition) is 3. The smallest absolute Gasteiger partial charge is 0.158 e. The van der Waals surface area contributed by atoms with E-state index in [9.17, 15) is 9.59 Å².